The Labute approximate surface area is 181 Å². The van der Waals surface area contributed by atoms with Crippen LogP contribution >= 0.6 is 0 Å². The fraction of sp³-hybridized carbons (Fsp3) is 0.375. The van der Waals surface area contributed by atoms with Crippen LogP contribution in [-0.2, 0) is 4.74 Å². The van der Waals surface area contributed by atoms with Gasteiger partial charge >= 0.3 is 0 Å². The third-order valence-corrected chi connectivity index (χ3v) is 5.31. The molecule has 4 rings (SSSR count). The molecule has 0 saturated carbocycles. The van der Waals surface area contributed by atoms with Crippen LogP contribution in [0.3, 0.4) is 0 Å². The maximum Gasteiger partial charge on any atom is 0.254 e. The lowest BCUT2D eigenvalue weighted by Gasteiger charge is -2.33. The van der Waals surface area contributed by atoms with Crippen molar-refractivity contribution < 1.29 is 18.7 Å². The molecule has 1 fully saturated rings. The molecule has 1 aliphatic rings. The highest BCUT2D eigenvalue weighted by atomic mass is 19.1. The second kappa shape index (κ2) is 8.98. The normalized spacial score (nSPS) is 16.7. The zero-order chi connectivity index (χ0) is 22.0. The van der Waals surface area contributed by atoms with Gasteiger partial charge in [0.15, 0.2) is 0 Å². The summed E-state index contributed by atoms with van der Waals surface area (Å²) in [5, 5.41) is 1.06. The van der Waals surface area contributed by atoms with Gasteiger partial charge in [-0.3, -0.25) is 4.79 Å². The highest BCUT2D eigenvalue weighted by molar-refractivity contribution is 6.07. The molecule has 0 aliphatic carbocycles. The number of benzene rings is 2. The molecule has 1 saturated heterocycles. The molecule has 162 valence electrons. The van der Waals surface area contributed by atoms with Gasteiger partial charge in [0, 0.05) is 35.2 Å². The number of halogens is 1. The monoisotopic (exact) mass is 423 g/mol. The van der Waals surface area contributed by atoms with Gasteiger partial charge in [0.25, 0.3) is 5.91 Å². The van der Waals surface area contributed by atoms with E-state index in [2.05, 4.69) is 9.97 Å². The van der Waals surface area contributed by atoms with Crippen LogP contribution in [0, 0.1) is 12.7 Å². The lowest BCUT2D eigenvalue weighted by Crippen LogP contribution is -2.47. The Bertz CT molecular complexity index is 1100. The SMILES string of the molecule is Cc1cc(OCC2CN(C(=O)c3ccc(F)c4ccccc34)CCO2)nc(C(C)C)n1. The topological polar surface area (TPSA) is 64.5 Å². The molecule has 0 bridgehead atoms. The molecule has 6 nitrogen and oxygen atoms in total. The molecule has 2 aromatic carbocycles. The van der Waals surface area contributed by atoms with Gasteiger partial charge in [0.05, 0.1) is 13.2 Å². The summed E-state index contributed by atoms with van der Waals surface area (Å²) in [5.41, 5.74) is 1.34. The first-order chi connectivity index (χ1) is 14.9. The molecule has 1 amide bonds. The van der Waals surface area contributed by atoms with Crippen LogP contribution < -0.4 is 4.74 Å². The molecule has 0 N–H and O–H groups in total. The van der Waals surface area contributed by atoms with Crippen molar-refractivity contribution in [3.05, 3.63) is 65.4 Å². The van der Waals surface area contributed by atoms with Crippen LogP contribution in [0.4, 0.5) is 4.39 Å². The van der Waals surface area contributed by atoms with E-state index in [-0.39, 0.29) is 30.4 Å². The number of aryl methyl sites for hydroxylation is 1. The van der Waals surface area contributed by atoms with Crippen molar-refractivity contribution in [1.29, 1.82) is 0 Å². The summed E-state index contributed by atoms with van der Waals surface area (Å²) in [6, 6.07) is 11.7. The van der Waals surface area contributed by atoms with E-state index in [1.807, 2.05) is 26.8 Å². The van der Waals surface area contributed by atoms with Crippen molar-refractivity contribution in [2.45, 2.75) is 32.8 Å². The Kier molecular flexibility index (Phi) is 6.13. The van der Waals surface area contributed by atoms with Crippen molar-refractivity contribution in [3.63, 3.8) is 0 Å². The van der Waals surface area contributed by atoms with E-state index in [9.17, 15) is 9.18 Å². The fourth-order valence-corrected chi connectivity index (χ4v) is 3.70. The number of hydrogen-bond acceptors (Lipinski definition) is 5. The molecule has 3 aromatic rings. The Morgan fingerprint density at radius 1 is 1.23 bits per heavy atom. The summed E-state index contributed by atoms with van der Waals surface area (Å²) in [6.45, 7) is 7.54. The first-order valence-corrected chi connectivity index (χ1v) is 10.5. The van der Waals surface area contributed by atoms with E-state index < -0.39 is 0 Å². The molecule has 1 unspecified atom stereocenters. The molecule has 1 aromatic heterocycles. The largest absolute Gasteiger partial charge is 0.475 e. The number of amides is 1. The van der Waals surface area contributed by atoms with Gasteiger partial charge in [-0.15, -0.1) is 0 Å². The number of ether oxygens (including phenoxy) is 2. The number of fused-ring (bicyclic) bond motifs is 1. The molecule has 1 aliphatic heterocycles. The Morgan fingerprint density at radius 2 is 2.00 bits per heavy atom. The van der Waals surface area contributed by atoms with Crippen LogP contribution in [0.2, 0.25) is 0 Å². The average molecular weight is 423 g/mol. The van der Waals surface area contributed by atoms with Crippen molar-refractivity contribution in [2.24, 2.45) is 0 Å². The summed E-state index contributed by atoms with van der Waals surface area (Å²) in [7, 11) is 0. The summed E-state index contributed by atoms with van der Waals surface area (Å²) in [4.78, 5) is 23.8. The number of aromatic nitrogens is 2. The predicted molar refractivity (Wildman–Crippen MR) is 116 cm³/mol. The zero-order valence-corrected chi connectivity index (χ0v) is 18.0. The Morgan fingerprint density at radius 3 is 2.77 bits per heavy atom. The standard InChI is InChI=1S/C24H26FN3O3/c1-15(2)23-26-16(3)12-22(27-23)31-14-17-13-28(10-11-30-17)24(29)20-8-9-21(25)19-7-5-4-6-18(19)20/h4-9,12,15,17H,10-11,13-14H2,1-3H3. The number of rotatable bonds is 5. The lowest BCUT2D eigenvalue weighted by atomic mass is 10.0. The first-order valence-electron chi connectivity index (χ1n) is 10.5. The highest BCUT2D eigenvalue weighted by Gasteiger charge is 2.27. The summed E-state index contributed by atoms with van der Waals surface area (Å²) >= 11 is 0. The second-order valence-electron chi connectivity index (χ2n) is 8.06. The quantitative estimate of drug-likeness (QED) is 0.618. The van der Waals surface area contributed by atoms with Crippen LogP contribution in [0.25, 0.3) is 10.8 Å². The van der Waals surface area contributed by atoms with E-state index in [0.717, 1.165) is 11.5 Å². The summed E-state index contributed by atoms with van der Waals surface area (Å²) in [6.07, 6.45) is -0.276. The third kappa shape index (κ3) is 4.66. The Hall–Kier alpha value is -3.06. The molecule has 31 heavy (non-hydrogen) atoms. The minimum Gasteiger partial charge on any atom is -0.475 e. The maximum absolute atomic E-state index is 14.1. The van der Waals surface area contributed by atoms with E-state index in [4.69, 9.17) is 9.47 Å². The molecular formula is C24H26FN3O3. The number of hydrogen-bond donors (Lipinski definition) is 0. The molecule has 2 heterocycles. The minimum atomic E-state index is -0.332. The van der Waals surface area contributed by atoms with Crippen molar-refractivity contribution >= 4 is 16.7 Å². The van der Waals surface area contributed by atoms with E-state index in [1.54, 1.807) is 35.2 Å². The molecule has 0 radical (unpaired) electrons. The van der Waals surface area contributed by atoms with Gasteiger partial charge in [0.2, 0.25) is 5.88 Å². The number of nitrogens with zero attached hydrogens (tertiary/aromatic N) is 3. The van der Waals surface area contributed by atoms with Gasteiger partial charge in [-0.25, -0.2) is 9.37 Å². The van der Waals surface area contributed by atoms with E-state index >= 15 is 0 Å². The van der Waals surface area contributed by atoms with Gasteiger partial charge in [-0.1, -0.05) is 38.1 Å². The third-order valence-electron chi connectivity index (χ3n) is 5.31. The Balaban J connectivity index is 1.46. The minimum absolute atomic E-state index is 0.135. The number of morpholine rings is 1. The van der Waals surface area contributed by atoms with Crippen LogP contribution in [0.15, 0.2) is 42.5 Å². The van der Waals surface area contributed by atoms with Crippen LogP contribution in [0.1, 0.15) is 41.6 Å². The molecular weight excluding hydrogens is 397 g/mol. The second-order valence-corrected chi connectivity index (χ2v) is 8.06. The molecule has 0 spiro atoms. The number of carbonyl (C=O) groups is 1. The summed E-state index contributed by atoms with van der Waals surface area (Å²) in [5.74, 6) is 0.977. The molecule has 1 atom stereocenters. The molecule has 7 heteroatoms. The fourth-order valence-electron chi connectivity index (χ4n) is 3.70. The highest BCUT2D eigenvalue weighted by Crippen LogP contribution is 2.24. The van der Waals surface area contributed by atoms with Gasteiger partial charge in [0.1, 0.15) is 24.4 Å². The summed E-state index contributed by atoms with van der Waals surface area (Å²) < 4.78 is 25.8. The van der Waals surface area contributed by atoms with Gasteiger partial charge in [-0.2, -0.15) is 4.98 Å². The van der Waals surface area contributed by atoms with Crippen LogP contribution in [0.5, 0.6) is 5.88 Å². The lowest BCUT2D eigenvalue weighted by molar-refractivity contribution is -0.0407. The van der Waals surface area contributed by atoms with Gasteiger partial charge in [-0.05, 0) is 24.4 Å². The van der Waals surface area contributed by atoms with Crippen molar-refractivity contribution in [3.8, 4) is 5.88 Å². The zero-order valence-electron chi connectivity index (χ0n) is 18.0. The predicted octanol–water partition coefficient (Wildman–Crippen LogP) is 4.12. The van der Waals surface area contributed by atoms with Gasteiger partial charge < -0.3 is 14.4 Å². The maximum atomic E-state index is 14.1. The van der Waals surface area contributed by atoms with Crippen LogP contribution in [-0.4, -0.2) is 53.2 Å². The van der Waals surface area contributed by atoms with E-state index in [1.165, 1.54) is 6.07 Å². The van der Waals surface area contributed by atoms with E-state index in [0.29, 0.717) is 41.9 Å². The van der Waals surface area contributed by atoms with Crippen molar-refractivity contribution in [2.75, 3.05) is 26.3 Å². The van der Waals surface area contributed by atoms with Crippen molar-refractivity contribution in [1.82, 2.24) is 14.9 Å². The smallest absolute Gasteiger partial charge is 0.254 e. The number of carbonyl (C=O) groups excluding carboxylic acids is 1. The first kappa shape index (κ1) is 21.2. The average Bonchev–Trinajstić information content (AvgIpc) is 2.77.